The third-order valence-electron chi connectivity index (χ3n) is 3.16. The number of ether oxygens (including phenoxy) is 3. The van der Waals surface area contributed by atoms with E-state index < -0.39 is 0 Å². The molecular formula is C16H20N2O3. The van der Waals surface area contributed by atoms with E-state index in [1.54, 1.807) is 26.6 Å². The Morgan fingerprint density at radius 3 is 2.38 bits per heavy atom. The number of nitrogens with two attached hydrogens (primary N) is 1. The maximum absolute atomic E-state index is 5.85. The number of methoxy groups -OCH3 is 2. The summed E-state index contributed by atoms with van der Waals surface area (Å²) in [6.45, 7) is 2.93. The van der Waals surface area contributed by atoms with Gasteiger partial charge in [0.1, 0.15) is 5.75 Å². The van der Waals surface area contributed by atoms with E-state index in [1.807, 2.05) is 25.1 Å². The van der Waals surface area contributed by atoms with Gasteiger partial charge < -0.3 is 19.9 Å². The molecule has 0 unspecified atom stereocenters. The number of benzene rings is 1. The molecule has 21 heavy (non-hydrogen) atoms. The summed E-state index contributed by atoms with van der Waals surface area (Å²) < 4.78 is 16.2. The Bertz CT molecular complexity index is 614. The van der Waals surface area contributed by atoms with Crippen molar-refractivity contribution in [1.82, 2.24) is 4.98 Å². The first-order valence-electron chi connectivity index (χ1n) is 6.76. The fourth-order valence-electron chi connectivity index (χ4n) is 2.17. The molecule has 5 heteroatoms. The van der Waals surface area contributed by atoms with E-state index in [9.17, 15) is 0 Å². The second-order valence-electron chi connectivity index (χ2n) is 4.41. The average Bonchev–Trinajstić information content (AvgIpc) is 2.54. The molecule has 1 aromatic carbocycles. The predicted molar refractivity (Wildman–Crippen MR) is 81.8 cm³/mol. The molecule has 0 saturated heterocycles. The molecular weight excluding hydrogens is 268 g/mol. The van der Waals surface area contributed by atoms with Gasteiger partial charge in [-0.1, -0.05) is 0 Å². The van der Waals surface area contributed by atoms with Gasteiger partial charge in [-0.3, -0.25) is 4.98 Å². The summed E-state index contributed by atoms with van der Waals surface area (Å²) in [6.07, 6.45) is 3.47. The second kappa shape index (κ2) is 6.95. The van der Waals surface area contributed by atoms with Crippen LogP contribution < -0.4 is 19.9 Å². The van der Waals surface area contributed by atoms with Crippen molar-refractivity contribution < 1.29 is 14.2 Å². The highest BCUT2D eigenvalue weighted by molar-refractivity contribution is 5.71. The van der Waals surface area contributed by atoms with Crippen LogP contribution >= 0.6 is 0 Å². The highest BCUT2D eigenvalue weighted by atomic mass is 16.5. The average molecular weight is 288 g/mol. The van der Waals surface area contributed by atoms with E-state index in [0.29, 0.717) is 24.7 Å². The first-order valence-corrected chi connectivity index (χ1v) is 6.76. The summed E-state index contributed by atoms with van der Waals surface area (Å²) in [5, 5.41) is 0. The van der Waals surface area contributed by atoms with Crippen LogP contribution in [0.5, 0.6) is 17.2 Å². The highest BCUT2D eigenvalue weighted by Crippen LogP contribution is 2.36. The molecule has 0 spiro atoms. The zero-order valence-electron chi connectivity index (χ0n) is 12.6. The molecule has 2 aromatic rings. The van der Waals surface area contributed by atoms with Crippen LogP contribution in [-0.4, -0.2) is 25.8 Å². The summed E-state index contributed by atoms with van der Waals surface area (Å²) in [7, 11) is 3.22. The lowest BCUT2D eigenvalue weighted by molar-refractivity contribution is 0.339. The van der Waals surface area contributed by atoms with Crippen molar-refractivity contribution in [2.45, 2.75) is 13.5 Å². The minimum absolute atomic E-state index is 0.397. The lowest BCUT2D eigenvalue weighted by Gasteiger charge is -2.14. The topological polar surface area (TPSA) is 66.6 Å². The molecule has 2 rings (SSSR count). The summed E-state index contributed by atoms with van der Waals surface area (Å²) in [5.74, 6) is 2.05. The minimum atomic E-state index is 0.397. The highest BCUT2D eigenvalue weighted by Gasteiger charge is 2.12. The second-order valence-corrected chi connectivity index (χ2v) is 4.41. The Morgan fingerprint density at radius 1 is 1.05 bits per heavy atom. The molecule has 0 radical (unpaired) electrons. The lowest BCUT2D eigenvalue weighted by Crippen LogP contribution is -2.02. The Morgan fingerprint density at radius 2 is 1.76 bits per heavy atom. The lowest BCUT2D eigenvalue weighted by atomic mass is 10.00. The normalized spacial score (nSPS) is 10.3. The van der Waals surface area contributed by atoms with Gasteiger partial charge in [0.25, 0.3) is 0 Å². The van der Waals surface area contributed by atoms with Crippen molar-refractivity contribution in [2.24, 2.45) is 5.73 Å². The van der Waals surface area contributed by atoms with Gasteiger partial charge in [-0.2, -0.15) is 0 Å². The third-order valence-corrected chi connectivity index (χ3v) is 3.16. The summed E-state index contributed by atoms with van der Waals surface area (Å²) in [5.41, 5.74) is 8.71. The first-order chi connectivity index (χ1) is 10.2. The van der Waals surface area contributed by atoms with Crippen LogP contribution in [0.4, 0.5) is 0 Å². The van der Waals surface area contributed by atoms with E-state index in [1.165, 1.54) is 0 Å². The smallest absolute Gasteiger partial charge is 0.161 e. The Labute approximate surface area is 124 Å². The number of pyridine rings is 1. The van der Waals surface area contributed by atoms with Gasteiger partial charge in [0.15, 0.2) is 11.5 Å². The van der Waals surface area contributed by atoms with Crippen LogP contribution in [0.1, 0.15) is 12.5 Å². The maximum atomic E-state index is 5.85. The van der Waals surface area contributed by atoms with Crippen molar-refractivity contribution in [3.63, 3.8) is 0 Å². The van der Waals surface area contributed by atoms with Gasteiger partial charge in [0, 0.05) is 18.3 Å². The zero-order valence-corrected chi connectivity index (χ0v) is 12.6. The van der Waals surface area contributed by atoms with Crippen LogP contribution in [0.15, 0.2) is 30.6 Å². The first kappa shape index (κ1) is 15.1. The fourth-order valence-corrected chi connectivity index (χ4v) is 2.17. The van der Waals surface area contributed by atoms with Gasteiger partial charge in [0.05, 0.1) is 27.0 Å². The molecule has 5 nitrogen and oxygen atoms in total. The van der Waals surface area contributed by atoms with Crippen molar-refractivity contribution in [2.75, 3.05) is 20.8 Å². The van der Waals surface area contributed by atoms with Crippen LogP contribution in [0.3, 0.4) is 0 Å². The molecule has 2 N–H and O–H groups in total. The minimum Gasteiger partial charge on any atom is -0.493 e. The van der Waals surface area contributed by atoms with Crippen molar-refractivity contribution in [1.29, 1.82) is 0 Å². The number of aromatic nitrogens is 1. The van der Waals surface area contributed by atoms with Crippen molar-refractivity contribution in [3.05, 3.63) is 36.2 Å². The number of hydrogen-bond donors (Lipinski definition) is 1. The molecule has 0 amide bonds. The molecule has 0 atom stereocenters. The summed E-state index contributed by atoms with van der Waals surface area (Å²) in [6, 6.07) is 5.74. The molecule has 0 fully saturated rings. The Kier molecular flexibility index (Phi) is 5.00. The number of hydrogen-bond acceptors (Lipinski definition) is 5. The molecule has 1 heterocycles. The Hall–Kier alpha value is -2.27. The molecule has 0 aliphatic rings. The molecule has 1 aromatic heterocycles. The van der Waals surface area contributed by atoms with Gasteiger partial charge in [-0.15, -0.1) is 0 Å². The van der Waals surface area contributed by atoms with E-state index in [2.05, 4.69) is 4.98 Å². The molecule has 0 aliphatic carbocycles. The van der Waals surface area contributed by atoms with Crippen molar-refractivity contribution in [3.8, 4) is 28.4 Å². The summed E-state index contributed by atoms with van der Waals surface area (Å²) in [4.78, 5) is 4.22. The largest absolute Gasteiger partial charge is 0.493 e. The van der Waals surface area contributed by atoms with E-state index in [4.69, 9.17) is 19.9 Å². The molecule has 112 valence electrons. The monoisotopic (exact) mass is 288 g/mol. The van der Waals surface area contributed by atoms with E-state index >= 15 is 0 Å². The van der Waals surface area contributed by atoms with Gasteiger partial charge in [-0.25, -0.2) is 0 Å². The van der Waals surface area contributed by atoms with Crippen LogP contribution in [0.25, 0.3) is 11.1 Å². The quantitative estimate of drug-likeness (QED) is 0.885. The summed E-state index contributed by atoms with van der Waals surface area (Å²) >= 11 is 0. The zero-order chi connectivity index (χ0) is 15.2. The molecule has 0 aliphatic heterocycles. The predicted octanol–water partition coefficient (Wildman–Crippen LogP) is 2.62. The van der Waals surface area contributed by atoms with Crippen molar-refractivity contribution >= 4 is 0 Å². The van der Waals surface area contributed by atoms with E-state index in [0.717, 1.165) is 22.4 Å². The van der Waals surface area contributed by atoms with E-state index in [-0.39, 0.29) is 0 Å². The standard InChI is InChI=1S/C16H20N2O3/c1-4-21-13-5-12(9-18-10-13)14-7-16(20-3)15(19-2)6-11(14)8-17/h5-7,9-10H,4,8,17H2,1-3H3. The van der Waals surface area contributed by atoms with Crippen LogP contribution in [0, 0.1) is 0 Å². The SMILES string of the molecule is CCOc1cncc(-c2cc(OC)c(OC)cc2CN)c1. The van der Waals surface area contributed by atoms with Gasteiger partial charge in [0.2, 0.25) is 0 Å². The number of nitrogens with zero attached hydrogens (tertiary/aromatic N) is 1. The molecule has 0 saturated carbocycles. The Balaban J connectivity index is 2.53. The van der Waals surface area contributed by atoms with Gasteiger partial charge >= 0.3 is 0 Å². The fraction of sp³-hybridized carbons (Fsp3) is 0.312. The van der Waals surface area contributed by atoms with Gasteiger partial charge in [-0.05, 0) is 36.2 Å². The van der Waals surface area contributed by atoms with Crippen LogP contribution in [0.2, 0.25) is 0 Å². The third kappa shape index (κ3) is 3.25. The number of rotatable bonds is 6. The molecule has 0 bridgehead atoms. The van der Waals surface area contributed by atoms with Crippen LogP contribution in [-0.2, 0) is 6.54 Å². The maximum Gasteiger partial charge on any atom is 0.161 e.